The summed E-state index contributed by atoms with van der Waals surface area (Å²) >= 11 is 3.60. The lowest BCUT2D eigenvalue weighted by Crippen LogP contribution is -1.99. The van der Waals surface area contributed by atoms with Crippen molar-refractivity contribution in [2.45, 2.75) is 6.92 Å². The fourth-order valence-electron chi connectivity index (χ4n) is 2.54. The molecule has 5 heteroatoms. The number of nitrogens with zero attached hydrogens (tertiary/aromatic N) is 3. The fourth-order valence-corrected chi connectivity index (χ4v) is 3.14. The van der Waals surface area contributed by atoms with Crippen molar-refractivity contribution in [3.05, 3.63) is 65.0 Å². The Balaban J connectivity index is 1.91. The Hall–Kier alpha value is -2.40. The molecule has 0 aliphatic heterocycles. The first-order valence-electron chi connectivity index (χ1n) is 6.96. The van der Waals surface area contributed by atoms with E-state index < -0.39 is 0 Å². The van der Waals surface area contributed by atoms with Gasteiger partial charge in [0.2, 0.25) is 0 Å². The number of hydrogen-bond acceptors (Lipinski definition) is 3. The van der Waals surface area contributed by atoms with Crippen LogP contribution in [0, 0.1) is 6.92 Å². The van der Waals surface area contributed by atoms with Gasteiger partial charge in [-0.1, -0.05) is 18.2 Å². The maximum atomic E-state index is 4.74. The van der Waals surface area contributed by atoms with Crippen LogP contribution in [0.1, 0.15) is 5.56 Å². The monoisotopic (exact) mass is 352 g/mol. The molecule has 0 aliphatic rings. The van der Waals surface area contributed by atoms with Gasteiger partial charge in [-0.3, -0.25) is 4.40 Å². The second kappa shape index (κ2) is 5.10. The van der Waals surface area contributed by atoms with E-state index in [2.05, 4.69) is 45.3 Å². The van der Waals surface area contributed by atoms with E-state index in [0.29, 0.717) is 0 Å². The number of aryl methyl sites for hydroxylation is 1. The van der Waals surface area contributed by atoms with Crippen LogP contribution in [0.3, 0.4) is 0 Å². The summed E-state index contributed by atoms with van der Waals surface area (Å²) in [6, 6.07) is 14.2. The molecule has 108 valence electrons. The molecule has 0 unspecified atom stereocenters. The zero-order chi connectivity index (χ0) is 15.1. The number of imidazole rings is 1. The van der Waals surface area contributed by atoms with Gasteiger partial charge in [-0.25, -0.2) is 9.97 Å². The molecule has 4 aromatic rings. The second-order valence-electron chi connectivity index (χ2n) is 5.21. The number of para-hydroxylation sites is 2. The summed E-state index contributed by atoms with van der Waals surface area (Å²) < 4.78 is 3.06. The number of aromatic nitrogens is 3. The van der Waals surface area contributed by atoms with Crippen LogP contribution < -0.4 is 5.32 Å². The van der Waals surface area contributed by atoms with Crippen LogP contribution in [-0.4, -0.2) is 14.4 Å². The van der Waals surface area contributed by atoms with E-state index in [4.69, 9.17) is 4.98 Å². The van der Waals surface area contributed by atoms with E-state index in [9.17, 15) is 0 Å². The van der Waals surface area contributed by atoms with Gasteiger partial charge in [0.25, 0.3) is 0 Å². The minimum absolute atomic E-state index is 0.792. The first kappa shape index (κ1) is 13.3. The normalized spacial score (nSPS) is 11.2. The SMILES string of the molecule is Cc1ccc(Nc2nc3ccccc3n3cncc23)c(Br)c1. The quantitative estimate of drug-likeness (QED) is 0.568. The Kier molecular flexibility index (Phi) is 3.08. The number of hydrogen-bond donors (Lipinski definition) is 1. The van der Waals surface area contributed by atoms with Crippen LogP contribution in [0.5, 0.6) is 0 Å². The highest BCUT2D eigenvalue weighted by molar-refractivity contribution is 9.10. The summed E-state index contributed by atoms with van der Waals surface area (Å²) in [5, 5.41) is 3.40. The molecule has 22 heavy (non-hydrogen) atoms. The van der Waals surface area contributed by atoms with Crippen LogP contribution >= 0.6 is 15.9 Å². The highest BCUT2D eigenvalue weighted by atomic mass is 79.9. The highest BCUT2D eigenvalue weighted by Gasteiger charge is 2.10. The number of benzene rings is 2. The van der Waals surface area contributed by atoms with Gasteiger partial charge in [0.1, 0.15) is 5.52 Å². The molecule has 2 aromatic heterocycles. The molecule has 1 N–H and O–H groups in total. The van der Waals surface area contributed by atoms with Gasteiger partial charge in [0.05, 0.1) is 29.2 Å². The molecular formula is C17H13BrN4. The number of fused-ring (bicyclic) bond motifs is 3. The van der Waals surface area contributed by atoms with Crippen LogP contribution in [0.25, 0.3) is 16.6 Å². The van der Waals surface area contributed by atoms with Crippen molar-refractivity contribution in [1.29, 1.82) is 0 Å². The predicted molar refractivity (Wildman–Crippen MR) is 92.7 cm³/mol. The lowest BCUT2D eigenvalue weighted by atomic mass is 10.2. The zero-order valence-electron chi connectivity index (χ0n) is 11.9. The van der Waals surface area contributed by atoms with Crippen molar-refractivity contribution in [2.75, 3.05) is 5.32 Å². The van der Waals surface area contributed by atoms with E-state index in [-0.39, 0.29) is 0 Å². The molecular weight excluding hydrogens is 340 g/mol. The topological polar surface area (TPSA) is 42.2 Å². The third kappa shape index (κ3) is 2.14. The molecule has 2 aromatic carbocycles. The molecule has 0 atom stereocenters. The average molecular weight is 353 g/mol. The third-order valence-electron chi connectivity index (χ3n) is 3.63. The Labute approximate surface area is 136 Å². The van der Waals surface area contributed by atoms with Gasteiger partial charge < -0.3 is 5.32 Å². The minimum Gasteiger partial charge on any atom is -0.337 e. The maximum absolute atomic E-state index is 4.74. The van der Waals surface area contributed by atoms with Crippen molar-refractivity contribution >= 4 is 44.0 Å². The van der Waals surface area contributed by atoms with Gasteiger partial charge in [-0.05, 0) is 52.7 Å². The maximum Gasteiger partial charge on any atom is 0.157 e. The van der Waals surface area contributed by atoms with Gasteiger partial charge >= 0.3 is 0 Å². The summed E-state index contributed by atoms with van der Waals surface area (Å²) in [7, 11) is 0. The highest BCUT2D eigenvalue weighted by Crippen LogP contribution is 2.29. The van der Waals surface area contributed by atoms with Crippen molar-refractivity contribution in [3.63, 3.8) is 0 Å². The molecule has 2 heterocycles. The van der Waals surface area contributed by atoms with Crippen LogP contribution in [0.2, 0.25) is 0 Å². The van der Waals surface area contributed by atoms with Crippen molar-refractivity contribution in [1.82, 2.24) is 14.4 Å². The third-order valence-corrected chi connectivity index (χ3v) is 4.29. The summed E-state index contributed by atoms with van der Waals surface area (Å²) in [6.45, 7) is 2.07. The molecule has 0 saturated heterocycles. The molecule has 0 amide bonds. The minimum atomic E-state index is 0.792. The lowest BCUT2D eigenvalue weighted by molar-refractivity contribution is 1.19. The van der Waals surface area contributed by atoms with Crippen molar-refractivity contribution in [2.24, 2.45) is 0 Å². The molecule has 0 aliphatic carbocycles. The standard InChI is InChI=1S/C17H13BrN4/c1-11-6-7-13(12(18)8-11)20-17-16-9-19-10-22(16)15-5-3-2-4-14(15)21-17/h2-10H,1H3,(H,20,21). The summed E-state index contributed by atoms with van der Waals surface area (Å²) in [4.78, 5) is 9.00. The van der Waals surface area contributed by atoms with E-state index in [1.807, 2.05) is 47.3 Å². The van der Waals surface area contributed by atoms with Gasteiger partial charge in [-0.2, -0.15) is 0 Å². The summed E-state index contributed by atoms with van der Waals surface area (Å²) in [5.74, 6) is 0.792. The van der Waals surface area contributed by atoms with E-state index in [1.54, 1.807) is 0 Å². The van der Waals surface area contributed by atoms with E-state index in [1.165, 1.54) is 5.56 Å². The molecule has 4 nitrogen and oxygen atoms in total. The average Bonchev–Trinajstić information content (AvgIpc) is 3.00. The van der Waals surface area contributed by atoms with Crippen LogP contribution in [-0.2, 0) is 0 Å². The Morgan fingerprint density at radius 1 is 1.09 bits per heavy atom. The van der Waals surface area contributed by atoms with Crippen LogP contribution in [0.15, 0.2) is 59.5 Å². The zero-order valence-corrected chi connectivity index (χ0v) is 13.5. The van der Waals surface area contributed by atoms with Gasteiger partial charge in [0.15, 0.2) is 5.82 Å². The Morgan fingerprint density at radius 3 is 2.82 bits per heavy atom. The molecule has 0 fully saturated rings. The Bertz CT molecular complexity index is 990. The molecule has 0 spiro atoms. The van der Waals surface area contributed by atoms with Crippen molar-refractivity contribution < 1.29 is 0 Å². The molecule has 0 saturated carbocycles. The summed E-state index contributed by atoms with van der Waals surface area (Å²) in [5.41, 5.74) is 5.11. The molecule has 0 radical (unpaired) electrons. The number of halogens is 1. The smallest absolute Gasteiger partial charge is 0.157 e. The number of rotatable bonds is 2. The summed E-state index contributed by atoms with van der Waals surface area (Å²) in [6.07, 6.45) is 3.64. The molecule has 4 rings (SSSR count). The van der Waals surface area contributed by atoms with E-state index >= 15 is 0 Å². The lowest BCUT2D eigenvalue weighted by Gasteiger charge is -2.11. The van der Waals surface area contributed by atoms with E-state index in [0.717, 1.165) is 32.5 Å². The first-order valence-corrected chi connectivity index (χ1v) is 7.76. The molecule has 0 bridgehead atoms. The van der Waals surface area contributed by atoms with Crippen LogP contribution in [0.4, 0.5) is 11.5 Å². The van der Waals surface area contributed by atoms with Gasteiger partial charge in [0, 0.05) is 4.47 Å². The first-order chi connectivity index (χ1) is 10.7. The number of nitrogens with one attached hydrogen (secondary N) is 1. The Morgan fingerprint density at radius 2 is 1.95 bits per heavy atom. The second-order valence-corrected chi connectivity index (χ2v) is 6.06. The largest absolute Gasteiger partial charge is 0.337 e. The predicted octanol–water partition coefficient (Wildman–Crippen LogP) is 4.70. The number of anilines is 2. The van der Waals surface area contributed by atoms with Gasteiger partial charge in [-0.15, -0.1) is 0 Å². The van der Waals surface area contributed by atoms with Crippen molar-refractivity contribution in [3.8, 4) is 0 Å². The fraction of sp³-hybridized carbons (Fsp3) is 0.0588.